The van der Waals surface area contributed by atoms with Gasteiger partial charge in [-0.05, 0) is 41.3 Å². The molecule has 39 heavy (non-hydrogen) atoms. The maximum Gasteiger partial charge on any atom is 0.216 e. The zero-order valence-electron chi connectivity index (χ0n) is 22.4. The van der Waals surface area contributed by atoms with E-state index in [0.29, 0.717) is 43.3 Å². The fraction of sp³-hybridized carbons (Fsp3) is 0.212. The van der Waals surface area contributed by atoms with E-state index >= 15 is 0 Å². The van der Waals surface area contributed by atoms with Crippen molar-refractivity contribution in [3.8, 4) is 28.7 Å². The SMILES string of the molecule is CC(=O)NCCNCc1ccc(OCc2cccc(-c3ccccc3)c2C)cc1OCc1ccccc1C#N. The van der Waals surface area contributed by atoms with Crippen molar-refractivity contribution in [2.45, 2.75) is 33.6 Å². The molecule has 2 N–H and O–H groups in total. The van der Waals surface area contributed by atoms with Crippen molar-refractivity contribution in [1.29, 1.82) is 5.26 Å². The summed E-state index contributed by atoms with van der Waals surface area (Å²) in [4.78, 5) is 11.1. The number of benzene rings is 4. The summed E-state index contributed by atoms with van der Waals surface area (Å²) < 4.78 is 12.4. The fourth-order valence-corrected chi connectivity index (χ4v) is 4.30. The first-order valence-corrected chi connectivity index (χ1v) is 13.0. The topological polar surface area (TPSA) is 83.4 Å². The number of ether oxygens (including phenoxy) is 2. The average Bonchev–Trinajstić information content (AvgIpc) is 2.96. The largest absolute Gasteiger partial charge is 0.489 e. The van der Waals surface area contributed by atoms with Crippen molar-refractivity contribution in [3.63, 3.8) is 0 Å². The van der Waals surface area contributed by atoms with Gasteiger partial charge in [0.2, 0.25) is 5.91 Å². The van der Waals surface area contributed by atoms with Gasteiger partial charge in [-0.3, -0.25) is 4.79 Å². The van der Waals surface area contributed by atoms with Crippen LogP contribution in [0.1, 0.15) is 34.7 Å². The normalized spacial score (nSPS) is 10.5. The summed E-state index contributed by atoms with van der Waals surface area (Å²) in [5.74, 6) is 1.33. The summed E-state index contributed by atoms with van der Waals surface area (Å²) in [6.07, 6.45) is 0. The van der Waals surface area contributed by atoms with Gasteiger partial charge in [0.1, 0.15) is 24.7 Å². The van der Waals surface area contributed by atoms with Crippen LogP contribution in [0.3, 0.4) is 0 Å². The molecule has 0 atom stereocenters. The second kappa shape index (κ2) is 13.8. The Hall–Kier alpha value is -4.60. The van der Waals surface area contributed by atoms with Crippen LogP contribution in [0, 0.1) is 18.3 Å². The van der Waals surface area contributed by atoms with Gasteiger partial charge >= 0.3 is 0 Å². The molecule has 4 aromatic rings. The molecule has 0 unspecified atom stereocenters. The van der Waals surface area contributed by atoms with E-state index in [1.54, 1.807) is 6.07 Å². The first-order valence-electron chi connectivity index (χ1n) is 13.0. The molecule has 6 heteroatoms. The quantitative estimate of drug-likeness (QED) is 0.227. The molecule has 1 amide bonds. The van der Waals surface area contributed by atoms with Gasteiger partial charge in [0.15, 0.2) is 0 Å². The second-order valence-corrected chi connectivity index (χ2v) is 9.23. The van der Waals surface area contributed by atoms with Crippen molar-refractivity contribution in [3.05, 3.63) is 119 Å². The number of nitrogens with one attached hydrogen (secondary N) is 2. The van der Waals surface area contributed by atoms with Crippen molar-refractivity contribution < 1.29 is 14.3 Å². The van der Waals surface area contributed by atoms with Crippen LogP contribution < -0.4 is 20.1 Å². The van der Waals surface area contributed by atoms with E-state index in [0.717, 1.165) is 16.7 Å². The monoisotopic (exact) mass is 519 g/mol. The van der Waals surface area contributed by atoms with Gasteiger partial charge in [0.05, 0.1) is 11.6 Å². The van der Waals surface area contributed by atoms with Crippen LogP contribution in [0.25, 0.3) is 11.1 Å². The van der Waals surface area contributed by atoms with E-state index in [4.69, 9.17) is 9.47 Å². The number of nitriles is 1. The maximum absolute atomic E-state index is 11.1. The van der Waals surface area contributed by atoms with Gasteiger partial charge in [-0.1, -0.05) is 72.8 Å². The van der Waals surface area contributed by atoms with Crippen LogP contribution in [0.5, 0.6) is 11.5 Å². The Labute approximate surface area is 230 Å². The smallest absolute Gasteiger partial charge is 0.216 e. The molecule has 0 saturated carbocycles. The van der Waals surface area contributed by atoms with E-state index in [2.05, 4.69) is 54.0 Å². The highest BCUT2D eigenvalue weighted by Crippen LogP contribution is 2.29. The maximum atomic E-state index is 11.1. The van der Waals surface area contributed by atoms with Crippen LogP contribution in [0.4, 0.5) is 0 Å². The van der Waals surface area contributed by atoms with Gasteiger partial charge < -0.3 is 20.1 Å². The minimum absolute atomic E-state index is 0.0528. The fourth-order valence-electron chi connectivity index (χ4n) is 4.30. The van der Waals surface area contributed by atoms with Gasteiger partial charge in [0.25, 0.3) is 0 Å². The zero-order valence-corrected chi connectivity index (χ0v) is 22.4. The summed E-state index contributed by atoms with van der Waals surface area (Å²) in [6.45, 7) is 6.06. The number of rotatable bonds is 12. The van der Waals surface area contributed by atoms with Crippen LogP contribution in [0.15, 0.2) is 91.0 Å². The highest BCUT2D eigenvalue weighted by atomic mass is 16.5. The Kier molecular flexibility index (Phi) is 9.71. The minimum Gasteiger partial charge on any atom is -0.489 e. The Balaban J connectivity index is 1.49. The first-order chi connectivity index (χ1) is 19.0. The number of amides is 1. The number of carbonyl (C=O) groups excluding carboxylic acids is 1. The van der Waals surface area contributed by atoms with Gasteiger partial charge in [-0.15, -0.1) is 0 Å². The van der Waals surface area contributed by atoms with Crippen molar-refractivity contribution in [2.24, 2.45) is 0 Å². The van der Waals surface area contributed by atoms with Gasteiger partial charge in [-0.25, -0.2) is 0 Å². The third-order valence-electron chi connectivity index (χ3n) is 6.48. The second-order valence-electron chi connectivity index (χ2n) is 9.23. The molecular weight excluding hydrogens is 486 g/mol. The summed E-state index contributed by atoms with van der Waals surface area (Å²) in [7, 11) is 0. The zero-order chi connectivity index (χ0) is 27.5. The van der Waals surface area contributed by atoms with Crippen LogP contribution in [-0.2, 0) is 24.6 Å². The Bertz CT molecular complexity index is 1440. The molecule has 4 aromatic carbocycles. The van der Waals surface area contributed by atoms with E-state index in [-0.39, 0.29) is 12.5 Å². The lowest BCUT2D eigenvalue weighted by atomic mass is 9.97. The Morgan fingerprint density at radius 2 is 1.56 bits per heavy atom. The molecule has 0 fully saturated rings. The van der Waals surface area contributed by atoms with E-state index < -0.39 is 0 Å². The Morgan fingerprint density at radius 1 is 0.821 bits per heavy atom. The van der Waals surface area contributed by atoms with Crippen molar-refractivity contribution in [2.75, 3.05) is 13.1 Å². The predicted molar refractivity (Wildman–Crippen MR) is 153 cm³/mol. The predicted octanol–water partition coefficient (Wildman–Crippen LogP) is 5.92. The minimum atomic E-state index is -0.0528. The molecule has 0 heterocycles. The molecule has 0 aromatic heterocycles. The number of hydrogen-bond acceptors (Lipinski definition) is 5. The lowest BCUT2D eigenvalue weighted by Gasteiger charge is -2.16. The number of hydrogen-bond donors (Lipinski definition) is 2. The molecule has 198 valence electrons. The third-order valence-corrected chi connectivity index (χ3v) is 6.48. The molecule has 0 aliphatic heterocycles. The molecule has 0 saturated heterocycles. The molecule has 0 aliphatic carbocycles. The molecule has 0 aliphatic rings. The van der Waals surface area contributed by atoms with Crippen molar-refractivity contribution in [1.82, 2.24) is 10.6 Å². The van der Waals surface area contributed by atoms with Crippen LogP contribution in [0.2, 0.25) is 0 Å². The number of nitrogens with zero attached hydrogens (tertiary/aromatic N) is 1. The molecule has 4 rings (SSSR count). The highest BCUT2D eigenvalue weighted by molar-refractivity contribution is 5.72. The van der Waals surface area contributed by atoms with Crippen LogP contribution >= 0.6 is 0 Å². The third kappa shape index (κ3) is 7.70. The molecule has 0 radical (unpaired) electrons. The number of carbonyl (C=O) groups is 1. The summed E-state index contributed by atoms with van der Waals surface area (Å²) in [5, 5.41) is 15.6. The lowest BCUT2D eigenvalue weighted by Crippen LogP contribution is -2.30. The first kappa shape index (κ1) is 27.4. The van der Waals surface area contributed by atoms with E-state index in [9.17, 15) is 10.1 Å². The summed E-state index contributed by atoms with van der Waals surface area (Å²) in [6, 6.07) is 32.1. The Morgan fingerprint density at radius 3 is 2.36 bits per heavy atom. The van der Waals surface area contributed by atoms with E-state index in [1.165, 1.54) is 23.6 Å². The standard InChI is InChI=1S/C33H33N3O3/c1-24-29(13-8-14-32(24)26-9-4-3-5-10-26)22-38-31-16-15-28(21-35-17-18-36-25(2)37)33(19-31)39-23-30-12-7-6-11-27(30)20-34/h3-16,19,35H,17-18,21-23H2,1-2H3,(H,36,37). The highest BCUT2D eigenvalue weighted by Gasteiger charge is 2.11. The molecular formula is C33H33N3O3. The molecule has 6 nitrogen and oxygen atoms in total. The van der Waals surface area contributed by atoms with Gasteiger partial charge in [0, 0.05) is 43.8 Å². The lowest BCUT2D eigenvalue weighted by molar-refractivity contribution is -0.118. The molecule has 0 bridgehead atoms. The average molecular weight is 520 g/mol. The van der Waals surface area contributed by atoms with Gasteiger partial charge in [-0.2, -0.15) is 5.26 Å². The van der Waals surface area contributed by atoms with Crippen LogP contribution in [-0.4, -0.2) is 19.0 Å². The van der Waals surface area contributed by atoms with Crippen molar-refractivity contribution >= 4 is 5.91 Å². The summed E-state index contributed by atoms with van der Waals surface area (Å²) in [5.41, 5.74) is 7.05. The summed E-state index contributed by atoms with van der Waals surface area (Å²) >= 11 is 0. The van der Waals surface area contributed by atoms with E-state index in [1.807, 2.05) is 54.6 Å². The molecule has 0 spiro atoms.